The lowest BCUT2D eigenvalue weighted by Gasteiger charge is -1.99. The van der Waals surface area contributed by atoms with E-state index in [1.54, 1.807) is 18.2 Å². The van der Waals surface area contributed by atoms with E-state index < -0.39 is 0 Å². The highest BCUT2D eigenvalue weighted by Crippen LogP contribution is 2.34. The molecule has 3 aromatic rings. The third kappa shape index (κ3) is 1.84. The molecule has 2 aromatic carbocycles. The summed E-state index contributed by atoms with van der Waals surface area (Å²) in [6, 6.07) is 12.4. The number of hydrogen-bond acceptors (Lipinski definition) is 2. The summed E-state index contributed by atoms with van der Waals surface area (Å²) in [5.74, 6) is 0.717. The molecule has 0 radical (unpaired) electrons. The molecule has 0 spiro atoms. The van der Waals surface area contributed by atoms with Crippen molar-refractivity contribution >= 4 is 34.2 Å². The summed E-state index contributed by atoms with van der Waals surface area (Å²) in [5.41, 5.74) is 1.45. The zero-order chi connectivity index (χ0) is 12.7. The van der Waals surface area contributed by atoms with Crippen molar-refractivity contribution in [3.8, 4) is 17.1 Å². The average molecular weight is 279 g/mol. The van der Waals surface area contributed by atoms with Crippen LogP contribution in [0.15, 0.2) is 46.9 Å². The first-order valence-electron chi connectivity index (χ1n) is 5.32. The number of rotatable bonds is 1. The van der Waals surface area contributed by atoms with Gasteiger partial charge in [0.15, 0.2) is 5.58 Å². The molecule has 0 saturated carbocycles. The molecule has 0 aliphatic heterocycles. The number of hydrogen-bond donors (Lipinski definition) is 1. The van der Waals surface area contributed by atoms with Gasteiger partial charge < -0.3 is 9.52 Å². The van der Waals surface area contributed by atoms with Gasteiger partial charge in [0.2, 0.25) is 0 Å². The molecule has 0 bridgehead atoms. The second-order valence-corrected chi connectivity index (χ2v) is 4.75. The second-order valence-electron chi connectivity index (χ2n) is 3.94. The number of phenolic OH excluding ortho intramolecular Hbond substituents is 1. The maximum Gasteiger partial charge on any atom is 0.153 e. The largest absolute Gasteiger partial charge is 0.506 e. The van der Waals surface area contributed by atoms with Gasteiger partial charge in [-0.15, -0.1) is 0 Å². The average Bonchev–Trinajstić information content (AvgIpc) is 2.78. The third-order valence-corrected chi connectivity index (χ3v) is 3.33. The summed E-state index contributed by atoms with van der Waals surface area (Å²) in [7, 11) is 0. The maximum atomic E-state index is 9.39. The Morgan fingerprint density at radius 2 is 1.78 bits per heavy atom. The van der Waals surface area contributed by atoms with Crippen molar-refractivity contribution in [3.05, 3.63) is 52.5 Å². The van der Waals surface area contributed by atoms with Crippen LogP contribution in [-0.4, -0.2) is 5.11 Å². The molecular weight excluding hydrogens is 271 g/mol. The van der Waals surface area contributed by atoms with Gasteiger partial charge in [0.25, 0.3) is 0 Å². The molecule has 0 saturated heterocycles. The van der Waals surface area contributed by atoms with E-state index >= 15 is 0 Å². The Morgan fingerprint density at radius 1 is 0.944 bits per heavy atom. The van der Waals surface area contributed by atoms with E-state index in [9.17, 15) is 5.11 Å². The standard InChI is InChI=1S/C14H8Cl2O2/c15-10-3-1-2-9-7-13(18-14(9)10)8-4-5-12(17)11(16)6-8/h1-7,17H. The van der Waals surface area contributed by atoms with Gasteiger partial charge in [-0.25, -0.2) is 0 Å². The maximum absolute atomic E-state index is 9.39. The van der Waals surface area contributed by atoms with Gasteiger partial charge in [-0.05, 0) is 30.3 Å². The van der Waals surface area contributed by atoms with Crippen LogP contribution in [0.3, 0.4) is 0 Å². The van der Waals surface area contributed by atoms with Crippen LogP contribution in [0.2, 0.25) is 10.0 Å². The Bertz CT molecular complexity index is 732. The lowest BCUT2D eigenvalue weighted by atomic mass is 10.1. The van der Waals surface area contributed by atoms with E-state index in [0.717, 1.165) is 10.9 Å². The molecule has 0 amide bonds. The van der Waals surface area contributed by atoms with Crippen LogP contribution in [0.4, 0.5) is 0 Å². The number of para-hydroxylation sites is 1. The van der Waals surface area contributed by atoms with Gasteiger partial charge in [-0.1, -0.05) is 35.3 Å². The predicted molar refractivity (Wildman–Crippen MR) is 73.3 cm³/mol. The number of fused-ring (bicyclic) bond motifs is 1. The van der Waals surface area contributed by atoms with Gasteiger partial charge >= 0.3 is 0 Å². The number of halogens is 2. The van der Waals surface area contributed by atoms with E-state index in [2.05, 4.69) is 0 Å². The van der Waals surface area contributed by atoms with Crippen molar-refractivity contribution in [2.75, 3.05) is 0 Å². The monoisotopic (exact) mass is 278 g/mol. The molecular formula is C14H8Cl2O2. The van der Waals surface area contributed by atoms with Crippen LogP contribution in [0.5, 0.6) is 5.75 Å². The summed E-state index contributed by atoms with van der Waals surface area (Å²) in [4.78, 5) is 0. The molecule has 18 heavy (non-hydrogen) atoms. The Labute approximate surface area is 113 Å². The van der Waals surface area contributed by atoms with Crippen LogP contribution < -0.4 is 0 Å². The molecule has 3 rings (SSSR count). The van der Waals surface area contributed by atoms with Crippen molar-refractivity contribution in [1.29, 1.82) is 0 Å². The molecule has 1 aromatic heterocycles. The fourth-order valence-electron chi connectivity index (χ4n) is 1.83. The highest BCUT2D eigenvalue weighted by Gasteiger charge is 2.10. The molecule has 1 heterocycles. The quantitative estimate of drug-likeness (QED) is 0.671. The first-order chi connectivity index (χ1) is 8.65. The smallest absolute Gasteiger partial charge is 0.153 e. The number of benzene rings is 2. The van der Waals surface area contributed by atoms with E-state index in [4.69, 9.17) is 27.6 Å². The summed E-state index contributed by atoms with van der Waals surface area (Å²) in [5, 5.41) is 11.2. The van der Waals surface area contributed by atoms with E-state index in [1.165, 1.54) is 6.07 Å². The molecule has 0 atom stereocenters. The Morgan fingerprint density at radius 3 is 2.50 bits per heavy atom. The topological polar surface area (TPSA) is 33.4 Å². The van der Waals surface area contributed by atoms with Crippen molar-refractivity contribution in [3.63, 3.8) is 0 Å². The van der Waals surface area contributed by atoms with Crippen molar-refractivity contribution in [1.82, 2.24) is 0 Å². The minimum absolute atomic E-state index is 0.0505. The molecule has 4 heteroatoms. The van der Waals surface area contributed by atoms with Gasteiger partial charge in [0, 0.05) is 10.9 Å². The highest BCUT2D eigenvalue weighted by molar-refractivity contribution is 6.35. The van der Waals surface area contributed by atoms with Crippen molar-refractivity contribution in [2.45, 2.75) is 0 Å². The molecule has 2 nitrogen and oxygen atoms in total. The molecule has 90 valence electrons. The summed E-state index contributed by atoms with van der Waals surface area (Å²) >= 11 is 11.9. The van der Waals surface area contributed by atoms with Crippen LogP contribution >= 0.6 is 23.2 Å². The zero-order valence-electron chi connectivity index (χ0n) is 9.15. The molecule has 0 fully saturated rings. The van der Waals surface area contributed by atoms with Crippen LogP contribution in [0.1, 0.15) is 0 Å². The van der Waals surface area contributed by atoms with Gasteiger partial charge in [0.1, 0.15) is 11.5 Å². The predicted octanol–water partition coefficient (Wildman–Crippen LogP) is 5.11. The van der Waals surface area contributed by atoms with Gasteiger partial charge in [0.05, 0.1) is 10.0 Å². The molecule has 1 N–H and O–H groups in total. The van der Waals surface area contributed by atoms with Gasteiger partial charge in [-0.3, -0.25) is 0 Å². The van der Waals surface area contributed by atoms with E-state index in [-0.39, 0.29) is 5.75 Å². The van der Waals surface area contributed by atoms with Crippen LogP contribution in [0.25, 0.3) is 22.3 Å². The minimum atomic E-state index is 0.0505. The first-order valence-corrected chi connectivity index (χ1v) is 6.08. The minimum Gasteiger partial charge on any atom is -0.506 e. The Hall–Kier alpha value is -1.64. The number of aromatic hydroxyl groups is 1. The second kappa shape index (κ2) is 4.23. The fourth-order valence-corrected chi connectivity index (χ4v) is 2.23. The molecule has 0 aliphatic rings. The van der Waals surface area contributed by atoms with Crippen LogP contribution in [0, 0.1) is 0 Å². The number of phenols is 1. The normalized spacial score (nSPS) is 11.0. The fraction of sp³-hybridized carbons (Fsp3) is 0. The number of furan rings is 1. The molecule has 0 aliphatic carbocycles. The molecule has 0 unspecified atom stereocenters. The summed E-state index contributed by atoms with van der Waals surface area (Å²) < 4.78 is 5.71. The summed E-state index contributed by atoms with van der Waals surface area (Å²) in [6.45, 7) is 0. The zero-order valence-corrected chi connectivity index (χ0v) is 10.7. The van der Waals surface area contributed by atoms with E-state index in [1.807, 2.05) is 18.2 Å². The Balaban J connectivity index is 2.19. The lowest BCUT2D eigenvalue weighted by Crippen LogP contribution is -1.74. The van der Waals surface area contributed by atoms with Crippen molar-refractivity contribution in [2.24, 2.45) is 0 Å². The van der Waals surface area contributed by atoms with E-state index in [0.29, 0.717) is 21.4 Å². The van der Waals surface area contributed by atoms with Crippen LogP contribution in [-0.2, 0) is 0 Å². The van der Waals surface area contributed by atoms with Crippen molar-refractivity contribution < 1.29 is 9.52 Å². The SMILES string of the molecule is Oc1ccc(-c2cc3cccc(Cl)c3o2)cc1Cl. The van der Waals surface area contributed by atoms with Gasteiger partial charge in [-0.2, -0.15) is 0 Å². The summed E-state index contributed by atoms with van der Waals surface area (Å²) in [6.07, 6.45) is 0. The Kier molecular flexibility index (Phi) is 2.69. The first kappa shape index (κ1) is 11.5. The highest BCUT2D eigenvalue weighted by atomic mass is 35.5. The third-order valence-electron chi connectivity index (χ3n) is 2.73. The lowest BCUT2D eigenvalue weighted by molar-refractivity contribution is 0.475.